The highest BCUT2D eigenvalue weighted by Crippen LogP contribution is 2.31. The monoisotopic (exact) mass is 334 g/mol. The summed E-state index contributed by atoms with van der Waals surface area (Å²) in [7, 11) is 0. The van der Waals surface area contributed by atoms with E-state index in [0.717, 1.165) is 27.8 Å². The molecule has 126 valence electrons. The van der Waals surface area contributed by atoms with Crippen molar-refractivity contribution in [1.82, 2.24) is 9.55 Å². The van der Waals surface area contributed by atoms with Crippen molar-refractivity contribution < 1.29 is 9.59 Å². The topological polar surface area (TPSA) is 76.0 Å². The zero-order valence-electron chi connectivity index (χ0n) is 14.0. The number of aromatic nitrogens is 2. The number of imidazole rings is 1. The molecule has 1 atom stereocenters. The molecule has 25 heavy (non-hydrogen) atoms. The molecule has 2 aromatic carbocycles. The van der Waals surface area contributed by atoms with Crippen LogP contribution in [-0.2, 0) is 9.59 Å². The molecule has 0 saturated heterocycles. The van der Waals surface area contributed by atoms with Gasteiger partial charge >= 0.3 is 0 Å². The summed E-state index contributed by atoms with van der Waals surface area (Å²) in [5.74, 6) is -0.00865. The van der Waals surface area contributed by atoms with Crippen LogP contribution in [0.15, 0.2) is 42.5 Å². The number of rotatable bonds is 2. The maximum Gasteiger partial charge on any atom is 0.248 e. The number of nitrogens with one attached hydrogen (secondary N) is 2. The Hall–Kier alpha value is -3.15. The van der Waals surface area contributed by atoms with Crippen LogP contribution >= 0.6 is 0 Å². The number of hydrogen-bond acceptors (Lipinski definition) is 3. The summed E-state index contributed by atoms with van der Waals surface area (Å²) in [6, 6.07) is 12.8. The first-order chi connectivity index (χ1) is 12.0. The zero-order valence-corrected chi connectivity index (χ0v) is 14.0. The number of hydrogen-bond donors (Lipinski definition) is 2. The molecular formula is C19H18N4O2. The second-order valence-electron chi connectivity index (χ2n) is 6.43. The van der Waals surface area contributed by atoms with Crippen LogP contribution in [0.1, 0.15) is 23.6 Å². The summed E-state index contributed by atoms with van der Waals surface area (Å²) in [6.45, 7) is 3.97. The molecule has 4 rings (SSSR count). The molecule has 2 heterocycles. The first-order valence-corrected chi connectivity index (χ1v) is 8.17. The van der Waals surface area contributed by atoms with Gasteiger partial charge in [-0.15, -0.1) is 0 Å². The van der Waals surface area contributed by atoms with Crippen LogP contribution in [0.2, 0.25) is 0 Å². The van der Waals surface area contributed by atoms with Gasteiger partial charge in [0.2, 0.25) is 17.8 Å². The third kappa shape index (κ3) is 2.76. The first kappa shape index (κ1) is 15.4. The van der Waals surface area contributed by atoms with E-state index in [1.807, 2.05) is 56.3 Å². The highest BCUT2D eigenvalue weighted by atomic mass is 16.2. The number of nitrogens with zero attached hydrogens (tertiary/aromatic N) is 2. The fourth-order valence-corrected chi connectivity index (χ4v) is 3.37. The maximum atomic E-state index is 12.9. The zero-order chi connectivity index (χ0) is 17.6. The van der Waals surface area contributed by atoms with Gasteiger partial charge in [-0.25, -0.2) is 4.98 Å². The molecule has 2 amide bonds. The molecule has 0 fully saturated rings. The number of para-hydroxylation sites is 2. The third-order valence-corrected chi connectivity index (χ3v) is 4.33. The van der Waals surface area contributed by atoms with Crippen molar-refractivity contribution in [2.75, 3.05) is 10.6 Å². The van der Waals surface area contributed by atoms with E-state index in [-0.39, 0.29) is 18.2 Å². The van der Waals surface area contributed by atoms with E-state index in [2.05, 4.69) is 15.6 Å². The highest BCUT2D eigenvalue weighted by molar-refractivity contribution is 6.03. The van der Waals surface area contributed by atoms with Crippen molar-refractivity contribution in [3.8, 4) is 0 Å². The Kier molecular flexibility index (Phi) is 3.53. The van der Waals surface area contributed by atoms with Gasteiger partial charge in [0.05, 0.1) is 17.5 Å². The van der Waals surface area contributed by atoms with Gasteiger partial charge in [0.1, 0.15) is 6.04 Å². The first-order valence-electron chi connectivity index (χ1n) is 8.17. The van der Waals surface area contributed by atoms with Crippen molar-refractivity contribution in [3.63, 3.8) is 0 Å². The van der Waals surface area contributed by atoms with E-state index in [9.17, 15) is 9.59 Å². The van der Waals surface area contributed by atoms with Gasteiger partial charge in [-0.3, -0.25) is 19.5 Å². The molecule has 2 N–H and O–H groups in total. The molecule has 3 aromatic rings. The summed E-state index contributed by atoms with van der Waals surface area (Å²) in [4.78, 5) is 29.4. The van der Waals surface area contributed by atoms with E-state index in [0.29, 0.717) is 5.95 Å². The molecule has 1 aliphatic rings. The second-order valence-corrected chi connectivity index (χ2v) is 6.43. The summed E-state index contributed by atoms with van der Waals surface area (Å²) >= 11 is 0. The lowest BCUT2D eigenvalue weighted by atomic mass is 10.1. The molecule has 0 spiro atoms. The van der Waals surface area contributed by atoms with E-state index >= 15 is 0 Å². The Labute approximate surface area is 144 Å². The molecule has 1 aliphatic heterocycles. The molecular weight excluding hydrogens is 316 g/mol. The van der Waals surface area contributed by atoms with Gasteiger partial charge in [-0.2, -0.15) is 0 Å². The third-order valence-electron chi connectivity index (χ3n) is 4.33. The maximum absolute atomic E-state index is 12.9. The van der Waals surface area contributed by atoms with Crippen LogP contribution in [0.5, 0.6) is 0 Å². The van der Waals surface area contributed by atoms with E-state index in [4.69, 9.17) is 0 Å². The fourth-order valence-electron chi connectivity index (χ4n) is 3.37. The van der Waals surface area contributed by atoms with E-state index in [1.54, 1.807) is 4.57 Å². The largest absolute Gasteiger partial charge is 0.324 e. The Morgan fingerprint density at radius 1 is 1.20 bits per heavy atom. The second kappa shape index (κ2) is 5.73. The van der Waals surface area contributed by atoms with Gasteiger partial charge in [0.25, 0.3) is 0 Å². The predicted octanol–water partition coefficient (Wildman–Crippen LogP) is 3.18. The fraction of sp³-hybridized carbons (Fsp3) is 0.211. The van der Waals surface area contributed by atoms with Crippen LogP contribution in [0.3, 0.4) is 0 Å². The molecule has 0 aliphatic carbocycles. The Balaban J connectivity index is 1.73. The Morgan fingerprint density at radius 2 is 1.92 bits per heavy atom. The summed E-state index contributed by atoms with van der Waals surface area (Å²) in [5, 5.41) is 5.69. The number of aryl methyl sites for hydroxylation is 2. The van der Waals surface area contributed by atoms with Crippen LogP contribution in [-0.4, -0.2) is 21.4 Å². The minimum atomic E-state index is -0.628. The molecule has 1 aromatic heterocycles. The van der Waals surface area contributed by atoms with Crippen molar-refractivity contribution in [2.45, 2.75) is 26.3 Å². The molecule has 6 heteroatoms. The minimum Gasteiger partial charge on any atom is -0.324 e. The number of carbonyl (C=O) groups excluding carboxylic acids is 2. The van der Waals surface area contributed by atoms with E-state index < -0.39 is 6.04 Å². The predicted molar refractivity (Wildman–Crippen MR) is 96.6 cm³/mol. The van der Waals surface area contributed by atoms with Gasteiger partial charge in [0.15, 0.2) is 0 Å². The smallest absolute Gasteiger partial charge is 0.248 e. The van der Waals surface area contributed by atoms with Gasteiger partial charge in [-0.05, 0) is 49.2 Å². The lowest BCUT2D eigenvalue weighted by Gasteiger charge is -2.25. The molecule has 0 bridgehead atoms. The van der Waals surface area contributed by atoms with Crippen molar-refractivity contribution >= 4 is 34.5 Å². The highest BCUT2D eigenvalue weighted by Gasteiger charge is 2.32. The summed E-state index contributed by atoms with van der Waals surface area (Å²) in [6.07, 6.45) is 0.0873. The minimum absolute atomic E-state index is 0.0873. The van der Waals surface area contributed by atoms with Gasteiger partial charge in [0, 0.05) is 5.69 Å². The number of amides is 2. The summed E-state index contributed by atoms with van der Waals surface area (Å²) in [5.41, 5.74) is 4.47. The van der Waals surface area contributed by atoms with Crippen LogP contribution in [0.25, 0.3) is 11.0 Å². The standard InChI is InChI=1S/C19H18N4O2/c1-11-7-12(2)9-13(8-11)20-18(25)16-10-17(24)22-19-21-14-5-3-4-6-15(14)23(16)19/h3-9,16H,10H2,1-2H3,(H,20,25)(H,21,22,24)/t16-/m1/s1. The normalized spacial score (nSPS) is 16.4. The molecule has 0 radical (unpaired) electrons. The molecule has 6 nitrogen and oxygen atoms in total. The average molecular weight is 334 g/mol. The van der Waals surface area contributed by atoms with Crippen LogP contribution < -0.4 is 10.6 Å². The van der Waals surface area contributed by atoms with Crippen LogP contribution in [0.4, 0.5) is 11.6 Å². The lowest BCUT2D eigenvalue weighted by Crippen LogP contribution is -2.35. The molecule has 0 saturated carbocycles. The van der Waals surface area contributed by atoms with Crippen molar-refractivity contribution in [1.29, 1.82) is 0 Å². The Bertz CT molecular complexity index is 986. The summed E-state index contributed by atoms with van der Waals surface area (Å²) < 4.78 is 1.80. The van der Waals surface area contributed by atoms with Crippen molar-refractivity contribution in [2.24, 2.45) is 0 Å². The quantitative estimate of drug-likeness (QED) is 0.756. The van der Waals surface area contributed by atoms with E-state index in [1.165, 1.54) is 0 Å². The van der Waals surface area contributed by atoms with Crippen molar-refractivity contribution in [3.05, 3.63) is 53.6 Å². The average Bonchev–Trinajstić information content (AvgIpc) is 2.90. The molecule has 0 unspecified atom stereocenters. The van der Waals surface area contributed by atoms with Crippen LogP contribution in [0, 0.1) is 13.8 Å². The lowest BCUT2D eigenvalue weighted by molar-refractivity contribution is -0.124. The SMILES string of the molecule is Cc1cc(C)cc(NC(=O)[C@H]2CC(=O)Nc3nc4ccccc4n32)c1. The Morgan fingerprint density at radius 3 is 2.68 bits per heavy atom. The number of fused-ring (bicyclic) bond motifs is 3. The number of benzene rings is 2. The number of anilines is 2. The van der Waals surface area contributed by atoms with Gasteiger partial charge < -0.3 is 5.32 Å². The number of carbonyl (C=O) groups is 2. The van der Waals surface area contributed by atoms with Gasteiger partial charge in [-0.1, -0.05) is 18.2 Å².